The van der Waals surface area contributed by atoms with Crippen LogP contribution in [0.15, 0.2) is 60.8 Å². The highest BCUT2D eigenvalue weighted by atomic mass is 16.5. The van der Waals surface area contributed by atoms with E-state index in [1.54, 1.807) is 25.3 Å². The molecule has 3 saturated heterocycles. The smallest absolute Gasteiger partial charge is 0.324 e. The lowest BCUT2D eigenvalue weighted by atomic mass is 9.61. The van der Waals surface area contributed by atoms with E-state index in [9.17, 15) is 24.0 Å². The van der Waals surface area contributed by atoms with Crippen LogP contribution in [0.5, 0.6) is 0 Å². The highest BCUT2D eigenvalue weighted by Gasteiger charge is 2.54. The molecule has 1 aliphatic carbocycles. The Kier molecular flexibility index (Phi) is 13.2. The Bertz CT molecular complexity index is 2750. The Hall–Kier alpha value is -6.08. The maximum atomic E-state index is 14.8. The summed E-state index contributed by atoms with van der Waals surface area (Å²) >= 11 is 0. The van der Waals surface area contributed by atoms with Crippen molar-refractivity contribution in [2.24, 2.45) is 17.3 Å². The van der Waals surface area contributed by atoms with Gasteiger partial charge >= 0.3 is 5.97 Å². The molecule has 0 saturated carbocycles. The van der Waals surface area contributed by atoms with Gasteiger partial charge in [0.25, 0.3) is 11.8 Å². The maximum absolute atomic E-state index is 14.8. The number of fused-ring (bicyclic) bond motifs is 8. The fourth-order valence-corrected chi connectivity index (χ4v) is 11.6. The predicted octanol–water partition coefficient (Wildman–Crippen LogP) is 5.58. The molecule has 0 spiro atoms. The van der Waals surface area contributed by atoms with Crippen molar-refractivity contribution in [2.75, 3.05) is 47.0 Å². The van der Waals surface area contributed by atoms with Gasteiger partial charge in [-0.05, 0) is 91.5 Å². The van der Waals surface area contributed by atoms with E-state index in [0.717, 1.165) is 56.5 Å². The summed E-state index contributed by atoms with van der Waals surface area (Å²) in [4.78, 5) is 78.7. The molecule has 9 rings (SSSR count). The zero-order chi connectivity index (χ0) is 48.9. The van der Waals surface area contributed by atoms with E-state index < -0.39 is 52.8 Å². The molecule has 15 heteroatoms. The number of benzene rings is 2. The van der Waals surface area contributed by atoms with Gasteiger partial charge in [0.15, 0.2) is 0 Å². The van der Waals surface area contributed by atoms with Crippen LogP contribution in [0.2, 0.25) is 0 Å². The van der Waals surface area contributed by atoms with Crippen molar-refractivity contribution in [2.45, 2.75) is 116 Å². The third-order valence-corrected chi connectivity index (χ3v) is 15.2. The molecule has 2 aromatic heterocycles. The zero-order valence-electron chi connectivity index (χ0n) is 41.1. The number of cyclic esters (lactones) is 1. The van der Waals surface area contributed by atoms with Gasteiger partial charge in [-0.1, -0.05) is 63.9 Å². The van der Waals surface area contributed by atoms with Crippen LogP contribution in [0.1, 0.15) is 90.0 Å². The van der Waals surface area contributed by atoms with Crippen LogP contribution in [0.4, 0.5) is 0 Å². The summed E-state index contributed by atoms with van der Waals surface area (Å²) in [5.74, 6) is 2.41. The van der Waals surface area contributed by atoms with Crippen LogP contribution >= 0.6 is 0 Å². The number of methoxy groups -OCH3 is 1. The number of rotatable bonds is 7. The molecule has 2 aromatic carbocycles. The van der Waals surface area contributed by atoms with Gasteiger partial charge in [0.1, 0.15) is 29.8 Å². The number of likely N-dealkylation sites (tertiary alicyclic amines) is 1. The Balaban J connectivity index is 1.07. The van der Waals surface area contributed by atoms with Gasteiger partial charge in [-0.25, -0.2) is 5.43 Å². The van der Waals surface area contributed by atoms with Crippen LogP contribution in [0.25, 0.3) is 33.3 Å². The number of hydrogen-bond acceptors (Lipinski definition) is 10. The predicted molar refractivity (Wildman–Crippen MR) is 260 cm³/mol. The zero-order valence-corrected chi connectivity index (χ0v) is 41.1. The lowest BCUT2D eigenvalue weighted by Gasteiger charge is -2.48. The minimum Gasteiger partial charge on any atom is -0.464 e. The van der Waals surface area contributed by atoms with Gasteiger partial charge < -0.3 is 33.9 Å². The number of carbonyl (C=O) groups is 5. The number of aryl methyl sites for hydroxylation is 1. The second kappa shape index (κ2) is 19.0. The first kappa shape index (κ1) is 48.0. The summed E-state index contributed by atoms with van der Waals surface area (Å²) in [7, 11) is 3.33. The van der Waals surface area contributed by atoms with Crippen LogP contribution in [-0.2, 0) is 56.7 Å². The molecule has 15 nitrogen and oxygen atoms in total. The fourth-order valence-electron chi connectivity index (χ4n) is 11.6. The molecular weight excluding hydrogens is 875 g/mol. The first-order valence-electron chi connectivity index (χ1n) is 24.5. The second-order valence-corrected chi connectivity index (χ2v) is 20.6. The number of nitrogens with zero attached hydrogens (tertiary/aromatic N) is 5. The first-order chi connectivity index (χ1) is 33.0. The molecule has 3 fully saturated rings. The van der Waals surface area contributed by atoms with Crippen molar-refractivity contribution >= 4 is 40.5 Å². The number of esters is 1. The van der Waals surface area contributed by atoms with Crippen molar-refractivity contribution in [3.05, 3.63) is 77.6 Å². The number of aromatic nitrogens is 2. The molecule has 4 amide bonds. The number of ether oxygens (including phenoxy) is 3. The number of carbonyl (C=O) groups excluding carboxylic acids is 5. The topological polar surface area (TPSA) is 165 Å². The lowest BCUT2D eigenvalue weighted by molar-refractivity contribution is -0.158. The number of likely N-dealkylation sites (N-methyl/N-ethyl adjacent to an activating group) is 1. The molecule has 2 N–H and O–H groups in total. The Morgan fingerprint density at radius 2 is 1.81 bits per heavy atom. The fraction of sp³-hybridized carbons (Fsp3) is 0.519. The normalized spacial score (nSPS) is 25.7. The molecule has 7 atom stereocenters. The minimum atomic E-state index is -1.07. The van der Waals surface area contributed by atoms with E-state index in [-0.39, 0.29) is 49.3 Å². The summed E-state index contributed by atoms with van der Waals surface area (Å²) < 4.78 is 20.5. The molecule has 1 unspecified atom stereocenters. The molecule has 5 aliphatic rings. The van der Waals surface area contributed by atoms with Gasteiger partial charge in [-0.2, -0.15) is 0 Å². The third kappa shape index (κ3) is 8.80. The van der Waals surface area contributed by atoms with E-state index in [0.29, 0.717) is 45.5 Å². The third-order valence-electron chi connectivity index (χ3n) is 15.2. The summed E-state index contributed by atoms with van der Waals surface area (Å²) in [5.41, 5.74) is 9.40. The van der Waals surface area contributed by atoms with Gasteiger partial charge in [0, 0.05) is 87.2 Å². The number of pyridine rings is 1. The molecule has 0 radical (unpaired) electrons. The summed E-state index contributed by atoms with van der Waals surface area (Å²) in [5, 5.41) is 5.57. The average molecular weight is 940 g/mol. The number of hydrogen-bond donors (Lipinski definition) is 2. The highest BCUT2D eigenvalue weighted by molar-refractivity contribution is 5.98. The van der Waals surface area contributed by atoms with Gasteiger partial charge in [0.2, 0.25) is 11.8 Å². The van der Waals surface area contributed by atoms with Crippen LogP contribution in [0, 0.1) is 29.1 Å². The van der Waals surface area contributed by atoms with Crippen molar-refractivity contribution in [1.29, 1.82) is 0 Å². The minimum absolute atomic E-state index is 0.0599. The summed E-state index contributed by atoms with van der Waals surface area (Å²) in [6.45, 7) is 14.5. The maximum Gasteiger partial charge on any atom is 0.324 e. The number of amides is 4. The molecule has 4 aliphatic heterocycles. The monoisotopic (exact) mass is 939 g/mol. The van der Waals surface area contributed by atoms with E-state index in [4.69, 9.17) is 19.2 Å². The Labute approximate surface area is 404 Å². The van der Waals surface area contributed by atoms with E-state index in [2.05, 4.69) is 91.2 Å². The van der Waals surface area contributed by atoms with Gasteiger partial charge in [-0.15, -0.1) is 0 Å². The standard InChI is InChI=1S/C54H65N7O8/c1-9-60-42-19-17-35-29-39(42)44-46(60)38-15-11-23-55-48(38)54(6,67-8)47(44)53(4,5)31-69-52(66)40-16-12-24-61(57-40)51(65)41(28-33-13-10-14-34(35)27-33)56-49(63)45(32(2)3)58(7)50(64)36-21-25-59(30-36)43(62)20-18-37-22-26-68-37/h10-11,13-15,17,19,23,27,29,32,36-37,40-41,45,47,57H,9,12,16,21-22,24-26,28,30-31H2,1-8H3,(H,56,63)/t36-,37+,40-,41-,45-,47?,54+/m0/s1. The van der Waals surface area contributed by atoms with Crippen LogP contribution < -0.4 is 10.7 Å². The van der Waals surface area contributed by atoms with Crippen molar-refractivity contribution in [1.82, 2.24) is 35.1 Å². The van der Waals surface area contributed by atoms with E-state index >= 15 is 0 Å². The SMILES string of the molecule is CCn1c2c3c4cc(ccc41)-c1cccc(c1)C[C@H](NC(=O)[C@H](C(C)C)N(C)C(=O)[C@H]1CCN(C(=O)C#C[C@@H]4CCO4)C1)C(=O)N1CCC[C@H](N1)C(=O)OCC(C)(C)C3[C@@](C)(OC)c1ncccc1-2. The summed E-state index contributed by atoms with van der Waals surface area (Å²) in [6.07, 6.45) is 3.93. The van der Waals surface area contributed by atoms with Gasteiger partial charge in [0.05, 0.1) is 30.5 Å². The van der Waals surface area contributed by atoms with Gasteiger partial charge in [-0.3, -0.25) is 34.0 Å². The Morgan fingerprint density at radius 1 is 1.03 bits per heavy atom. The highest BCUT2D eigenvalue weighted by Crippen LogP contribution is 2.59. The van der Waals surface area contributed by atoms with Crippen LogP contribution in [0.3, 0.4) is 0 Å². The second-order valence-electron chi connectivity index (χ2n) is 20.6. The molecule has 6 bridgehead atoms. The number of hydrazine groups is 1. The largest absolute Gasteiger partial charge is 0.464 e. The Morgan fingerprint density at radius 3 is 2.54 bits per heavy atom. The van der Waals surface area contributed by atoms with Crippen LogP contribution in [-0.4, -0.2) is 125 Å². The lowest BCUT2D eigenvalue weighted by Crippen LogP contribution is -2.62. The van der Waals surface area contributed by atoms with Crippen molar-refractivity contribution < 1.29 is 38.2 Å². The number of nitrogens with one attached hydrogen (secondary N) is 2. The summed E-state index contributed by atoms with van der Waals surface area (Å²) in [6, 6.07) is 15.8. The average Bonchev–Trinajstić information content (AvgIpc) is 3.95. The van der Waals surface area contributed by atoms with Crippen molar-refractivity contribution in [3.63, 3.8) is 0 Å². The molecule has 4 aromatic rings. The van der Waals surface area contributed by atoms with E-state index in [1.165, 1.54) is 9.91 Å². The van der Waals surface area contributed by atoms with E-state index in [1.807, 2.05) is 32.0 Å². The molecule has 6 heterocycles. The first-order valence-corrected chi connectivity index (χ1v) is 24.5. The van der Waals surface area contributed by atoms with Crippen molar-refractivity contribution in [3.8, 4) is 34.2 Å². The quantitative estimate of drug-likeness (QED) is 0.177. The molecule has 364 valence electrons. The molecular formula is C54H65N7O8. The molecule has 69 heavy (non-hydrogen) atoms.